The lowest BCUT2D eigenvalue weighted by atomic mass is 9.96. The minimum Gasteiger partial charge on any atom is -0.463 e. The van der Waals surface area contributed by atoms with Gasteiger partial charge in [0.15, 0.2) is 12.3 Å². The summed E-state index contributed by atoms with van der Waals surface area (Å²) >= 11 is 0. The molecule has 2 aromatic rings. The summed E-state index contributed by atoms with van der Waals surface area (Å²) in [6.45, 7) is 10.4. The molecule has 5 atom stereocenters. The van der Waals surface area contributed by atoms with Crippen LogP contribution in [0.25, 0.3) is 10.8 Å². The fraction of sp³-hybridized carbons (Fsp3) is 0.567. The summed E-state index contributed by atoms with van der Waals surface area (Å²) in [5, 5.41) is 17.6. The molecule has 0 aliphatic carbocycles. The number of carbonyl (C=O) groups excluding carboxylic acids is 4. The maximum Gasteiger partial charge on any atom is 0.414 e. The Labute approximate surface area is 269 Å². The molecule has 17 heteroatoms. The van der Waals surface area contributed by atoms with Crippen molar-refractivity contribution < 1.29 is 48.0 Å². The number of anilines is 2. The van der Waals surface area contributed by atoms with Crippen LogP contribution in [0.3, 0.4) is 0 Å². The molecular formula is C30H40N6O11. The van der Waals surface area contributed by atoms with Gasteiger partial charge in [0.2, 0.25) is 6.79 Å². The zero-order chi connectivity index (χ0) is 34.8. The van der Waals surface area contributed by atoms with Crippen LogP contribution in [0.15, 0.2) is 22.1 Å². The summed E-state index contributed by atoms with van der Waals surface area (Å²) in [6.07, 6.45) is -1.96. The zero-order valence-corrected chi connectivity index (χ0v) is 27.1. The van der Waals surface area contributed by atoms with Crippen LogP contribution in [-0.2, 0) is 38.1 Å². The predicted octanol–water partition coefficient (Wildman–Crippen LogP) is 1.93. The molecule has 5 N–H and O–H groups in total. The number of nitrogens with zero attached hydrogens (tertiary/aromatic N) is 3. The van der Waals surface area contributed by atoms with E-state index in [9.17, 15) is 29.1 Å². The number of nitrogens with two attached hydrogens (primary N) is 1. The smallest absolute Gasteiger partial charge is 0.414 e. The Kier molecular flexibility index (Phi) is 10.5. The molecule has 2 aliphatic rings. The highest BCUT2D eigenvalue weighted by Crippen LogP contribution is 2.47. The Morgan fingerprint density at radius 2 is 1.77 bits per heavy atom. The second-order valence-electron chi connectivity index (χ2n) is 12.4. The molecule has 1 unspecified atom stereocenters. The van der Waals surface area contributed by atoms with Gasteiger partial charge >= 0.3 is 24.0 Å². The van der Waals surface area contributed by atoms with E-state index in [1.165, 1.54) is 24.0 Å². The summed E-state index contributed by atoms with van der Waals surface area (Å²) in [5.74, 6) is -2.80. The maximum absolute atomic E-state index is 12.7. The first kappa shape index (κ1) is 35.2. The van der Waals surface area contributed by atoms with E-state index < -0.39 is 78.3 Å². The average molecular weight is 661 g/mol. The number of esters is 3. The monoisotopic (exact) mass is 660 g/mol. The first-order chi connectivity index (χ1) is 22.0. The molecule has 0 radical (unpaired) electrons. The summed E-state index contributed by atoms with van der Waals surface area (Å²) in [4.78, 5) is 70.7. The van der Waals surface area contributed by atoms with E-state index >= 15 is 0 Å². The Balaban J connectivity index is 1.70. The standard InChI is InChI=1S/C30H40N6O11/c1-13(2)21(31)27(40)44-12-45-29(41)34-17-8-19(37)35-23-20-16(17)9-36(24(20)33-11-32-23)28-30(7,42)22(47-26(39)15(5)6)18(46-28)10-43-25(38)14(3)4/h8-9,11,13-15,18,21-22,28,42H,10,12,31H2,1-7H3,(H,34,41)(H,32,33,35,37)/t18-,21+,22-,28-,30?/m1/s1. The molecule has 2 aromatic heterocycles. The number of aromatic nitrogens is 2. The van der Waals surface area contributed by atoms with Crippen molar-refractivity contribution in [1.29, 1.82) is 0 Å². The van der Waals surface area contributed by atoms with Gasteiger partial charge in [-0.05, 0) is 12.8 Å². The van der Waals surface area contributed by atoms with Gasteiger partial charge in [-0.2, -0.15) is 4.98 Å². The van der Waals surface area contributed by atoms with E-state index in [1.54, 1.807) is 41.5 Å². The van der Waals surface area contributed by atoms with Gasteiger partial charge in [-0.1, -0.05) is 41.5 Å². The third kappa shape index (κ3) is 7.52. The maximum atomic E-state index is 12.7. The van der Waals surface area contributed by atoms with Crippen LogP contribution in [0.4, 0.5) is 22.1 Å². The number of ether oxygens (including phenoxy) is 5. The van der Waals surface area contributed by atoms with Gasteiger partial charge in [0.1, 0.15) is 36.0 Å². The third-order valence-electron chi connectivity index (χ3n) is 7.57. The zero-order valence-electron chi connectivity index (χ0n) is 27.1. The summed E-state index contributed by atoms with van der Waals surface area (Å²) in [7, 11) is 0. The highest BCUT2D eigenvalue weighted by molar-refractivity contribution is 6.12. The van der Waals surface area contributed by atoms with Crippen LogP contribution in [0, 0.1) is 17.8 Å². The third-order valence-corrected chi connectivity index (χ3v) is 7.57. The van der Waals surface area contributed by atoms with Gasteiger partial charge in [0.25, 0.3) is 5.56 Å². The largest absolute Gasteiger partial charge is 0.463 e. The Bertz CT molecular complexity index is 1630. The molecule has 1 saturated heterocycles. The predicted molar refractivity (Wildman–Crippen MR) is 167 cm³/mol. The van der Waals surface area contributed by atoms with E-state index in [2.05, 4.69) is 20.6 Å². The van der Waals surface area contributed by atoms with Crippen molar-refractivity contribution in [3.05, 3.63) is 22.6 Å². The van der Waals surface area contributed by atoms with Crippen molar-refractivity contribution in [3.63, 3.8) is 0 Å². The van der Waals surface area contributed by atoms with Crippen LogP contribution < -0.4 is 21.9 Å². The number of amides is 1. The molecule has 0 aromatic carbocycles. The molecule has 2 aliphatic heterocycles. The highest BCUT2D eigenvalue weighted by Gasteiger charge is 2.57. The number of hydrogen-bond donors (Lipinski definition) is 4. The van der Waals surface area contributed by atoms with Crippen molar-refractivity contribution in [2.75, 3.05) is 24.0 Å². The van der Waals surface area contributed by atoms with Gasteiger partial charge in [-0.25, -0.2) is 9.79 Å². The first-order valence-electron chi connectivity index (χ1n) is 15.0. The topological polar surface area (TPSA) is 232 Å². The molecule has 1 fully saturated rings. The highest BCUT2D eigenvalue weighted by atomic mass is 16.7. The minimum absolute atomic E-state index is 0.0549. The van der Waals surface area contributed by atoms with Gasteiger partial charge in [-0.3, -0.25) is 24.5 Å². The van der Waals surface area contributed by atoms with E-state index in [0.29, 0.717) is 0 Å². The van der Waals surface area contributed by atoms with Crippen molar-refractivity contribution in [1.82, 2.24) is 9.55 Å². The van der Waals surface area contributed by atoms with Gasteiger partial charge < -0.3 is 44.4 Å². The van der Waals surface area contributed by atoms with Crippen molar-refractivity contribution in [3.8, 4) is 0 Å². The van der Waals surface area contributed by atoms with Crippen LogP contribution in [0.2, 0.25) is 0 Å². The quantitative estimate of drug-likeness (QED) is 0.153. The molecule has 4 heterocycles. The molecule has 0 saturated carbocycles. The number of carbonyl (C=O) groups is 4. The van der Waals surface area contributed by atoms with E-state index in [1.807, 2.05) is 0 Å². The summed E-state index contributed by atoms with van der Waals surface area (Å²) in [6, 6.07) is 0.133. The molecule has 0 bridgehead atoms. The molecule has 4 rings (SSSR count). The second kappa shape index (κ2) is 14.0. The lowest BCUT2D eigenvalue weighted by molar-refractivity contribution is -0.169. The Morgan fingerprint density at radius 1 is 1.09 bits per heavy atom. The Morgan fingerprint density at radius 3 is 2.40 bits per heavy atom. The first-order valence-corrected chi connectivity index (χ1v) is 15.0. The molecular weight excluding hydrogens is 620 g/mol. The van der Waals surface area contributed by atoms with Crippen LogP contribution in [0.1, 0.15) is 54.7 Å². The van der Waals surface area contributed by atoms with Crippen LogP contribution in [0.5, 0.6) is 0 Å². The molecule has 47 heavy (non-hydrogen) atoms. The molecule has 17 nitrogen and oxygen atoms in total. The number of nitrogens with one attached hydrogen (secondary N) is 2. The van der Waals surface area contributed by atoms with Gasteiger partial charge in [-0.15, -0.1) is 0 Å². The van der Waals surface area contributed by atoms with E-state index in [-0.39, 0.29) is 40.6 Å². The van der Waals surface area contributed by atoms with Gasteiger partial charge in [0.05, 0.1) is 29.2 Å². The van der Waals surface area contributed by atoms with Crippen molar-refractivity contribution >= 4 is 58.4 Å². The van der Waals surface area contributed by atoms with E-state index in [0.717, 1.165) is 6.07 Å². The number of rotatable bonds is 11. The molecule has 0 spiro atoms. The van der Waals surface area contributed by atoms with E-state index in [4.69, 9.17) is 29.4 Å². The fourth-order valence-corrected chi connectivity index (χ4v) is 4.83. The minimum atomic E-state index is -1.90. The lowest BCUT2D eigenvalue weighted by Gasteiger charge is -2.31. The summed E-state index contributed by atoms with van der Waals surface area (Å²) in [5.41, 5.74) is 3.06. The number of hydrogen-bond acceptors (Lipinski definition) is 15. The number of aliphatic imine (C=N–C) groups is 1. The lowest BCUT2D eigenvalue weighted by Crippen LogP contribution is -2.48. The average Bonchev–Trinajstić information content (AvgIpc) is 3.44. The molecule has 256 valence electrons. The Hall–Kier alpha value is -4.61. The van der Waals surface area contributed by atoms with Crippen LogP contribution >= 0.6 is 0 Å². The SMILES string of the molecule is CC(C)C(=O)OC[C@H]1O[C@@H](n2cc3c(NC(=O)OCOC(=O)[C@@H](N)C(C)C)cc(=O)nc4c3c2N=CN4)C(C)(O)[C@@H]1OC(=O)C(C)C. The number of aliphatic hydroxyl groups is 1. The van der Waals surface area contributed by atoms with Crippen molar-refractivity contribution in [2.24, 2.45) is 28.5 Å². The van der Waals surface area contributed by atoms with Crippen molar-refractivity contribution in [2.45, 2.75) is 78.5 Å². The van der Waals surface area contributed by atoms with Gasteiger partial charge in [0, 0.05) is 17.6 Å². The van der Waals surface area contributed by atoms with Crippen LogP contribution in [-0.4, -0.2) is 82.2 Å². The normalized spacial score (nSPS) is 22.3. The second-order valence-corrected chi connectivity index (χ2v) is 12.4. The molecule has 1 amide bonds. The fourth-order valence-electron chi connectivity index (χ4n) is 4.83. The summed E-state index contributed by atoms with van der Waals surface area (Å²) < 4.78 is 28.6.